The third-order valence-corrected chi connectivity index (χ3v) is 7.71. The van der Waals surface area contributed by atoms with Gasteiger partial charge in [-0.25, -0.2) is 0 Å². The first-order valence-electron chi connectivity index (χ1n) is 12.0. The molecule has 0 spiro atoms. The van der Waals surface area contributed by atoms with Crippen LogP contribution in [0.2, 0.25) is 0 Å². The van der Waals surface area contributed by atoms with E-state index in [2.05, 4.69) is 10.6 Å². The summed E-state index contributed by atoms with van der Waals surface area (Å²) < 4.78 is 11.2. The molecule has 4 aromatic rings. The van der Waals surface area contributed by atoms with Crippen LogP contribution in [0.25, 0.3) is 0 Å². The van der Waals surface area contributed by atoms with E-state index in [4.69, 9.17) is 15.2 Å². The van der Waals surface area contributed by atoms with Crippen molar-refractivity contribution in [2.75, 3.05) is 30.6 Å². The standard InChI is InChI=1S/C30H27N3O4S/c1-17-11-7-8-14-19(17)22-23-25(31)27(26(34)18-12-5-4-6-13-18)38-30(23)33-29(37-3)24(22)28(35)32-20-15-9-10-16-21(20)36-2/h4-16,22,33H,31H2,1-3H3,(H,32,35). The minimum atomic E-state index is -0.578. The van der Waals surface area contributed by atoms with E-state index in [0.717, 1.165) is 11.1 Å². The van der Waals surface area contributed by atoms with Gasteiger partial charge in [0.25, 0.3) is 5.91 Å². The number of hydrogen-bond donors (Lipinski definition) is 3. The van der Waals surface area contributed by atoms with Crippen LogP contribution in [0.5, 0.6) is 5.75 Å². The second-order valence-electron chi connectivity index (χ2n) is 8.80. The zero-order chi connectivity index (χ0) is 26.8. The molecule has 1 aromatic heterocycles. The normalized spacial score (nSPS) is 14.3. The molecule has 3 aromatic carbocycles. The second kappa shape index (κ2) is 10.4. The Morgan fingerprint density at radius 3 is 2.32 bits per heavy atom. The Hall–Kier alpha value is -4.56. The third-order valence-electron chi connectivity index (χ3n) is 6.58. The summed E-state index contributed by atoms with van der Waals surface area (Å²) in [6.07, 6.45) is 0. The summed E-state index contributed by atoms with van der Waals surface area (Å²) in [6.45, 7) is 1.98. The number of amides is 1. The Morgan fingerprint density at radius 1 is 0.921 bits per heavy atom. The topological polar surface area (TPSA) is 103 Å². The summed E-state index contributed by atoms with van der Waals surface area (Å²) >= 11 is 1.26. The minimum absolute atomic E-state index is 0.174. The van der Waals surface area contributed by atoms with Crippen molar-refractivity contribution >= 4 is 39.4 Å². The molecule has 0 radical (unpaired) electrons. The van der Waals surface area contributed by atoms with Crippen molar-refractivity contribution in [1.29, 1.82) is 0 Å². The number of nitrogens with one attached hydrogen (secondary N) is 2. The van der Waals surface area contributed by atoms with Crippen molar-refractivity contribution < 1.29 is 19.1 Å². The van der Waals surface area contributed by atoms with Gasteiger partial charge in [0.05, 0.1) is 31.2 Å². The highest BCUT2D eigenvalue weighted by molar-refractivity contribution is 7.19. The average Bonchev–Trinajstić information content (AvgIpc) is 3.28. The zero-order valence-corrected chi connectivity index (χ0v) is 22.0. The summed E-state index contributed by atoms with van der Waals surface area (Å²) in [5.74, 6) is -0.307. The van der Waals surface area contributed by atoms with Crippen LogP contribution in [-0.2, 0) is 9.53 Å². The van der Waals surface area contributed by atoms with Gasteiger partial charge in [-0.15, -0.1) is 11.3 Å². The fraction of sp³-hybridized carbons (Fsp3) is 0.133. The number of thiophene rings is 1. The predicted octanol–water partition coefficient (Wildman–Crippen LogP) is 5.93. The van der Waals surface area contributed by atoms with Gasteiger partial charge in [-0.1, -0.05) is 66.7 Å². The van der Waals surface area contributed by atoms with Gasteiger partial charge in [-0.05, 0) is 30.2 Å². The second-order valence-corrected chi connectivity index (χ2v) is 9.82. The van der Waals surface area contributed by atoms with E-state index in [1.165, 1.54) is 18.4 Å². The molecule has 2 heterocycles. The number of nitrogens with two attached hydrogens (primary N) is 1. The monoisotopic (exact) mass is 525 g/mol. The first-order chi connectivity index (χ1) is 18.4. The molecule has 4 N–H and O–H groups in total. The van der Waals surface area contributed by atoms with E-state index in [9.17, 15) is 9.59 Å². The van der Waals surface area contributed by atoms with Crippen molar-refractivity contribution in [2.24, 2.45) is 0 Å². The van der Waals surface area contributed by atoms with Gasteiger partial charge >= 0.3 is 0 Å². The molecule has 0 saturated carbocycles. The lowest BCUT2D eigenvalue weighted by molar-refractivity contribution is -0.113. The lowest BCUT2D eigenvalue weighted by atomic mass is 9.80. The number of carbonyl (C=O) groups excluding carboxylic acids is 2. The van der Waals surface area contributed by atoms with E-state index in [-0.39, 0.29) is 17.6 Å². The Kier molecular flexibility index (Phi) is 6.89. The molecule has 0 bridgehead atoms. The minimum Gasteiger partial charge on any atom is -0.495 e. The van der Waals surface area contributed by atoms with Crippen molar-refractivity contribution in [3.63, 3.8) is 0 Å². The van der Waals surface area contributed by atoms with E-state index in [0.29, 0.717) is 43.7 Å². The molecule has 8 heteroatoms. The number of rotatable bonds is 7. The summed E-state index contributed by atoms with van der Waals surface area (Å²) in [5.41, 5.74) is 11.0. The van der Waals surface area contributed by atoms with Crippen molar-refractivity contribution in [1.82, 2.24) is 0 Å². The molecule has 1 unspecified atom stereocenters. The van der Waals surface area contributed by atoms with Crippen LogP contribution in [0.4, 0.5) is 16.4 Å². The zero-order valence-electron chi connectivity index (χ0n) is 21.2. The maximum absolute atomic E-state index is 13.9. The highest BCUT2D eigenvalue weighted by Crippen LogP contribution is 2.51. The number of carbonyl (C=O) groups is 2. The number of aryl methyl sites for hydroxylation is 1. The Morgan fingerprint density at radius 2 is 1.61 bits per heavy atom. The van der Waals surface area contributed by atoms with Crippen LogP contribution in [0.3, 0.4) is 0 Å². The number of methoxy groups -OCH3 is 2. The lowest BCUT2D eigenvalue weighted by Crippen LogP contribution is -2.28. The Labute approximate surface area is 224 Å². The Bertz CT molecular complexity index is 1560. The number of para-hydroxylation sites is 2. The van der Waals surface area contributed by atoms with Crippen molar-refractivity contribution in [3.8, 4) is 5.75 Å². The van der Waals surface area contributed by atoms with Crippen LogP contribution < -0.4 is 21.1 Å². The molecule has 1 aliphatic heterocycles. The fourth-order valence-corrected chi connectivity index (χ4v) is 5.84. The number of hydrogen-bond acceptors (Lipinski definition) is 7. The van der Waals surface area contributed by atoms with E-state index in [1.807, 2.05) is 61.5 Å². The smallest absolute Gasteiger partial charge is 0.258 e. The summed E-state index contributed by atoms with van der Waals surface area (Å²) in [7, 11) is 3.05. The van der Waals surface area contributed by atoms with Crippen LogP contribution in [0.15, 0.2) is 90.3 Å². The van der Waals surface area contributed by atoms with Crippen LogP contribution >= 0.6 is 11.3 Å². The van der Waals surface area contributed by atoms with Crippen LogP contribution in [-0.4, -0.2) is 25.9 Å². The summed E-state index contributed by atoms with van der Waals surface area (Å²) in [4.78, 5) is 27.8. The molecular formula is C30H27N3O4S. The van der Waals surface area contributed by atoms with Crippen molar-refractivity contribution in [3.05, 3.63) is 117 Å². The number of nitrogen functional groups attached to an aromatic ring is 1. The maximum atomic E-state index is 13.9. The SMILES string of the molecule is COC1=C(C(=O)Nc2ccccc2OC)C(c2ccccc2C)c2c(sc(C(=O)c3ccccc3)c2N)N1. The molecule has 0 aliphatic carbocycles. The molecule has 0 fully saturated rings. The largest absolute Gasteiger partial charge is 0.495 e. The highest BCUT2D eigenvalue weighted by atomic mass is 32.1. The number of fused-ring (bicyclic) bond motifs is 1. The summed E-state index contributed by atoms with van der Waals surface area (Å²) in [6, 6.07) is 24.0. The molecule has 192 valence electrons. The third kappa shape index (κ3) is 4.39. The summed E-state index contributed by atoms with van der Waals surface area (Å²) in [5, 5.41) is 6.87. The van der Waals surface area contributed by atoms with E-state index >= 15 is 0 Å². The van der Waals surface area contributed by atoms with Crippen molar-refractivity contribution in [2.45, 2.75) is 12.8 Å². The highest BCUT2D eigenvalue weighted by Gasteiger charge is 2.40. The van der Waals surface area contributed by atoms with E-state index < -0.39 is 5.92 Å². The molecule has 1 atom stereocenters. The number of anilines is 3. The molecule has 5 rings (SSSR count). The van der Waals surface area contributed by atoms with Gasteiger partial charge in [-0.2, -0.15) is 0 Å². The maximum Gasteiger partial charge on any atom is 0.258 e. The van der Waals surface area contributed by atoms with Crippen LogP contribution in [0.1, 0.15) is 37.8 Å². The molecular weight excluding hydrogens is 498 g/mol. The fourth-order valence-electron chi connectivity index (χ4n) is 4.73. The Balaban J connectivity index is 1.67. The van der Waals surface area contributed by atoms with Gasteiger partial charge in [0.15, 0.2) is 0 Å². The van der Waals surface area contributed by atoms with Gasteiger partial charge in [-0.3, -0.25) is 9.59 Å². The molecule has 38 heavy (non-hydrogen) atoms. The van der Waals surface area contributed by atoms with Gasteiger partial charge in [0.1, 0.15) is 15.6 Å². The molecule has 7 nitrogen and oxygen atoms in total. The first-order valence-corrected chi connectivity index (χ1v) is 12.8. The molecule has 1 amide bonds. The van der Waals surface area contributed by atoms with E-state index in [1.54, 1.807) is 31.4 Å². The van der Waals surface area contributed by atoms with Gasteiger partial charge < -0.3 is 25.8 Å². The number of ketones is 1. The lowest BCUT2D eigenvalue weighted by Gasteiger charge is -2.30. The first kappa shape index (κ1) is 25.1. The number of ether oxygens (including phenoxy) is 2. The van der Waals surface area contributed by atoms with Gasteiger partial charge in [0, 0.05) is 17.0 Å². The molecule has 0 saturated heterocycles. The van der Waals surface area contributed by atoms with Gasteiger partial charge in [0.2, 0.25) is 11.7 Å². The quantitative estimate of drug-likeness (QED) is 0.258. The predicted molar refractivity (Wildman–Crippen MR) is 151 cm³/mol. The van der Waals surface area contributed by atoms with Crippen LogP contribution in [0, 0.1) is 6.92 Å². The number of benzene rings is 3. The molecule has 1 aliphatic rings. The average molecular weight is 526 g/mol.